The molecule has 0 aliphatic heterocycles. The van der Waals surface area contributed by atoms with Crippen LogP contribution in [0, 0.1) is 0 Å². The molecule has 25 heavy (non-hydrogen) atoms. The first-order valence-corrected chi connectivity index (χ1v) is 9.94. The van der Waals surface area contributed by atoms with Crippen LogP contribution in [0.5, 0.6) is 0 Å². The molecule has 8 nitrogen and oxygen atoms in total. The van der Waals surface area contributed by atoms with Gasteiger partial charge in [0.2, 0.25) is 0 Å². The number of hydrogen-bond acceptors (Lipinski definition) is 8. The predicted octanol–water partition coefficient (Wildman–Crippen LogP) is -2.23. The Balaban J connectivity index is 0.00000171. The lowest BCUT2D eigenvalue weighted by molar-refractivity contribution is 0.266. The molecule has 0 bridgehead atoms. The maximum absolute atomic E-state index is 5.66. The van der Waals surface area contributed by atoms with Gasteiger partial charge in [0, 0.05) is 91.6 Å². The van der Waals surface area contributed by atoms with Crippen LogP contribution in [0.2, 0.25) is 0 Å². The Bertz CT molecular complexity index is 244. The largest absolute Gasteiger partial charge is 0.329 e. The Kier molecular flexibility index (Phi) is 19.7. The highest BCUT2D eigenvalue weighted by Crippen LogP contribution is 2.14. The predicted molar refractivity (Wildman–Crippen MR) is 109 cm³/mol. The lowest BCUT2D eigenvalue weighted by Crippen LogP contribution is -2.42. The first-order chi connectivity index (χ1) is 12.3. The quantitative estimate of drug-likeness (QED) is 0.161. The highest BCUT2D eigenvalue weighted by molar-refractivity contribution is 4.65. The van der Waals surface area contributed by atoms with Crippen LogP contribution in [0.25, 0.3) is 0 Å². The molecule has 0 unspecified atom stereocenters. The van der Waals surface area contributed by atoms with Gasteiger partial charge in [0.1, 0.15) is 0 Å². The highest BCUT2D eigenvalue weighted by Gasteiger charge is 2.04. The summed E-state index contributed by atoms with van der Waals surface area (Å²) in [6, 6.07) is 0. The Morgan fingerprint density at radius 2 is 0.840 bits per heavy atom. The molecule has 0 spiro atoms. The maximum atomic E-state index is 5.66. The second kappa shape index (κ2) is 20.0. The third-order valence-corrected chi connectivity index (χ3v) is 3.83. The first kappa shape index (κ1) is 24.7. The van der Waals surface area contributed by atoms with E-state index in [1.54, 1.807) is 0 Å². The van der Waals surface area contributed by atoms with Crippen LogP contribution in [-0.2, 0) is 0 Å². The van der Waals surface area contributed by atoms with Gasteiger partial charge in [-0.2, -0.15) is 0 Å². The minimum absolute atomic E-state index is 0.681. The third kappa shape index (κ3) is 19.8. The van der Waals surface area contributed by atoms with Crippen molar-refractivity contribution in [1.29, 1.82) is 0 Å². The average Bonchev–Trinajstić information content (AvgIpc) is 3.47. The van der Waals surface area contributed by atoms with Crippen molar-refractivity contribution in [2.24, 2.45) is 22.9 Å². The molecule has 0 radical (unpaired) electrons. The molecule has 0 amide bonds. The Morgan fingerprint density at radius 3 is 1.16 bits per heavy atom. The summed E-state index contributed by atoms with van der Waals surface area (Å²) in [5, 5.41) is 6.79. The zero-order valence-electron chi connectivity index (χ0n) is 16.2. The molecular weight excluding hydrogens is 316 g/mol. The molecule has 0 saturated heterocycles. The molecule has 8 heteroatoms. The van der Waals surface area contributed by atoms with Crippen LogP contribution < -0.4 is 33.6 Å². The van der Waals surface area contributed by atoms with Crippen LogP contribution in [-0.4, -0.2) is 101 Å². The molecule has 1 fully saturated rings. The van der Waals surface area contributed by atoms with Gasteiger partial charge < -0.3 is 33.6 Å². The summed E-state index contributed by atoms with van der Waals surface area (Å²) in [5.41, 5.74) is 22.3. The summed E-state index contributed by atoms with van der Waals surface area (Å²) < 4.78 is 0. The van der Waals surface area contributed by atoms with Crippen LogP contribution in [0.4, 0.5) is 0 Å². The van der Waals surface area contributed by atoms with Gasteiger partial charge in [-0.25, -0.2) is 0 Å². The van der Waals surface area contributed by atoms with E-state index in [-0.39, 0.29) is 0 Å². The highest BCUT2D eigenvalue weighted by atomic mass is 15.2. The van der Waals surface area contributed by atoms with Crippen molar-refractivity contribution >= 4 is 0 Å². The second-order valence-corrected chi connectivity index (χ2v) is 6.40. The summed E-state index contributed by atoms with van der Waals surface area (Å²) in [6.07, 6.45) is 4.50. The van der Waals surface area contributed by atoms with Crippen molar-refractivity contribution in [3.63, 3.8) is 0 Å². The van der Waals surface area contributed by atoms with Crippen molar-refractivity contribution in [1.82, 2.24) is 20.4 Å². The van der Waals surface area contributed by atoms with Gasteiger partial charge in [0.05, 0.1) is 0 Å². The van der Waals surface area contributed by atoms with Gasteiger partial charge in [-0.05, 0) is 0 Å². The van der Waals surface area contributed by atoms with Crippen molar-refractivity contribution in [3.8, 4) is 0 Å². The molecule has 0 aromatic rings. The SMILES string of the molecule is C1CC1.NCCNCCN(CCN)CCNCCN(CCN)CCN. The van der Waals surface area contributed by atoms with E-state index in [1.807, 2.05) is 0 Å². The van der Waals surface area contributed by atoms with Gasteiger partial charge >= 0.3 is 0 Å². The molecule has 0 atom stereocenters. The van der Waals surface area contributed by atoms with Gasteiger partial charge in [-0.1, -0.05) is 19.3 Å². The van der Waals surface area contributed by atoms with Gasteiger partial charge in [0.25, 0.3) is 0 Å². The van der Waals surface area contributed by atoms with Crippen LogP contribution in [0.1, 0.15) is 19.3 Å². The van der Waals surface area contributed by atoms with Crippen LogP contribution >= 0.6 is 0 Å². The standard InChI is InChI=1S/C14H38N8.C3H6/c15-1-5-19-6-13-22(11-4-18)14-8-20-7-12-21(9-2-16)10-3-17;1-2-3-1/h19-20H,1-18H2;1-3H2. The minimum Gasteiger partial charge on any atom is -0.329 e. The Hall–Kier alpha value is -0.320. The van der Waals surface area contributed by atoms with E-state index in [9.17, 15) is 0 Å². The zero-order chi connectivity index (χ0) is 18.6. The van der Waals surface area contributed by atoms with Gasteiger partial charge in [0.15, 0.2) is 0 Å². The summed E-state index contributed by atoms with van der Waals surface area (Å²) in [7, 11) is 0. The van der Waals surface area contributed by atoms with E-state index in [4.69, 9.17) is 22.9 Å². The van der Waals surface area contributed by atoms with E-state index in [2.05, 4.69) is 20.4 Å². The monoisotopic (exact) mass is 360 g/mol. The zero-order valence-corrected chi connectivity index (χ0v) is 16.2. The fourth-order valence-corrected chi connectivity index (χ4v) is 2.28. The molecule has 1 saturated carbocycles. The number of rotatable bonds is 17. The summed E-state index contributed by atoms with van der Waals surface area (Å²) in [4.78, 5) is 4.66. The van der Waals surface area contributed by atoms with Gasteiger partial charge in [-0.15, -0.1) is 0 Å². The Morgan fingerprint density at radius 1 is 0.480 bits per heavy atom. The lowest BCUT2D eigenvalue weighted by Gasteiger charge is -2.23. The van der Waals surface area contributed by atoms with Crippen molar-refractivity contribution < 1.29 is 0 Å². The summed E-state index contributed by atoms with van der Waals surface area (Å²) in [5.74, 6) is 0. The minimum atomic E-state index is 0.681. The molecule has 1 aliphatic carbocycles. The van der Waals surface area contributed by atoms with Crippen molar-refractivity contribution in [2.45, 2.75) is 19.3 Å². The fraction of sp³-hybridized carbons (Fsp3) is 1.00. The molecule has 1 aliphatic rings. The normalized spacial score (nSPS) is 13.2. The average molecular weight is 361 g/mol. The number of nitrogens with zero attached hydrogens (tertiary/aromatic N) is 2. The molecule has 0 aromatic carbocycles. The van der Waals surface area contributed by atoms with E-state index >= 15 is 0 Å². The number of nitrogens with two attached hydrogens (primary N) is 4. The molecule has 1 rings (SSSR count). The first-order valence-electron chi connectivity index (χ1n) is 9.94. The van der Waals surface area contributed by atoms with Crippen molar-refractivity contribution in [3.05, 3.63) is 0 Å². The maximum Gasteiger partial charge on any atom is 0.0108 e. The molecule has 0 heterocycles. The van der Waals surface area contributed by atoms with Crippen LogP contribution in [0.15, 0.2) is 0 Å². The van der Waals surface area contributed by atoms with E-state index in [0.717, 1.165) is 65.4 Å². The van der Waals surface area contributed by atoms with Gasteiger partial charge in [-0.3, -0.25) is 9.80 Å². The molecular formula is C17H44N8. The summed E-state index contributed by atoms with van der Waals surface area (Å²) in [6.45, 7) is 12.2. The molecule has 10 N–H and O–H groups in total. The van der Waals surface area contributed by atoms with E-state index in [0.29, 0.717) is 26.2 Å². The lowest BCUT2D eigenvalue weighted by atomic mass is 10.4. The second-order valence-electron chi connectivity index (χ2n) is 6.40. The smallest absolute Gasteiger partial charge is 0.0108 e. The Labute approximate surface area is 155 Å². The van der Waals surface area contributed by atoms with E-state index < -0.39 is 0 Å². The van der Waals surface area contributed by atoms with Crippen LogP contribution in [0.3, 0.4) is 0 Å². The third-order valence-electron chi connectivity index (χ3n) is 3.83. The summed E-state index contributed by atoms with van der Waals surface area (Å²) >= 11 is 0. The molecule has 0 aromatic heterocycles. The number of nitrogens with one attached hydrogen (secondary N) is 2. The van der Waals surface area contributed by atoms with E-state index in [1.165, 1.54) is 19.3 Å². The molecule has 152 valence electrons. The number of hydrogen-bond donors (Lipinski definition) is 6. The topological polar surface area (TPSA) is 135 Å². The van der Waals surface area contributed by atoms with Crippen molar-refractivity contribution in [2.75, 3.05) is 91.6 Å². The fourth-order valence-electron chi connectivity index (χ4n) is 2.28.